The average molecular weight is 230 g/mol. The van der Waals surface area contributed by atoms with E-state index in [-0.39, 0.29) is 5.95 Å². The first-order chi connectivity index (χ1) is 7.74. The number of hydrogen-bond donors (Lipinski definition) is 1. The van der Waals surface area contributed by atoms with E-state index in [2.05, 4.69) is 20.3 Å². The Labute approximate surface area is 96.1 Å². The molecule has 0 aliphatic carbocycles. The number of nitrogens with two attached hydrogens (primary N) is 1. The van der Waals surface area contributed by atoms with E-state index in [9.17, 15) is 0 Å². The smallest absolute Gasteiger partial charge is 0.222 e. The minimum atomic E-state index is 0.231. The molecule has 2 aromatic rings. The third-order valence-electron chi connectivity index (χ3n) is 2.22. The van der Waals surface area contributed by atoms with E-state index in [0.717, 1.165) is 10.6 Å². The largest absolute Gasteiger partial charge is 0.368 e. The molecule has 0 bridgehead atoms. The number of aromatic nitrogens is 2. The Bertz CT molecular complexity index is 587. The zero-order valence-corrected chi connectivity index (χ0v) is 9.32. The first-order valence-corrected chi connectivity index (χ1v) is 5.53. The summed E-state index contributed by atoms with van der Waals surface area (Å²) in [6.07, 6.45) is 1.47. The molecule has 1 aliphatic rings. The van der Waals surface area contributed by atoms with Crippen LogP contribution in [0, 0.1) is 6.92 Å². The highest BCUT2D eigenvalue weighted by Gasteiger charge is 2.19. The van der Waals surface area contributed by atoms with Crippen LogP contribution in [0.5, 0.6) is 0 Å². The molecular weight excluding hydrogens is 222 g/mol. The molecule has 1 radical (unpaired) electrons. The molecule has 0 saturated carbocycles. The lowest BCUT2D eigenvalue weighted by atomic mass is 10.3. The SMILES string of the molecule is Cc1ccc(-c2nc(N)nc3c2N=C[N]3)s1. The molecular formula is C10H8N5S. The fourth-order valence-corrected chi connectivity index (χ4v) is 2.40. The average Bonchev–Trinajstić information content (AvgIpc) is 2.84. The van der Waals surface area contributed by atoms with Crippen molar-refractivity contribution in [1.82, 2.24) is 15.3 Å². The second kappa shape index (κ2) is 3.28. The molecule has 0 spiro atoms. The van der Waals surface area contributed by atoms with Crippen molar-refractivity contribution in [3.63, 3.8) is 0 Å². The molecule has 0 saturated heterocycles. The Morgan fingerprint density at radius 3 is 2.88 bits per heavy atom. The van der Waals surface area contributed by atoms with Crippen LogP contribution in [0.3, 0.4) is 0 Å². The van der Waals surface area contributed by atoms with Crippen LogP contribution in [0.4, 0.5) is 17.5 Å². The molecule has 16 heavy (non-hydrogen) atoms. The van der Waals surface area contributed by atoms with Crippen molar-refractivity contribution in [2.45, 2.75) is 6.92 Å². The first kappa shape index (κ1) is 9.29. The van der Waals surface area contributed by atoms with E-state index in [4.69, 9.17) is 5.73 Å². The minimum absolute atomic E-state index is 0.231. The van der Waals surface area contributed by atoms with Gasteiger partial charge in [-0.05, 0) is 19.1 Å². The quantitative estimate of drug-likeness (QED) is 0.813. The van der Waals surface area contributed by atoms with Gasteiger partial charge in [0, 0.05) is 4.88 Å². The van der Waals surface area contributed by atoms with Crippen molar-refractivity contribution >= 4 is 35.1 Å². The molecule has 0 aromatic carbocycles. The van der Waals surface area contributed by atoms with Crippen molar-refractivity contribution in [3.05, 3.63) is 17.0 Å². The summed E-state index contributed by atoms with van der Waals surface area (Å²) in [5.74, 6) is 0.780. The summed E-state index contributed by atoms with van der Waals surface area (Å²) in [4.78, 5) is 14.7. The third-order valence-corrected chi connectivity index (χ3v) is 3.23. The van der Waals surface area contributed by atoms with Gasteiger partial charge in [-0.2, -0.15) is 4.98 Å². The van der Waals surface area contributed by atoms with Crippen LogP contribution in [0.2, 0.25) is 0 Å². The number of anilines is 1. The lowest BCUT2D eigenvalue weighted by Crippen LogP contribution is -1.99. The van der Waals surface area contributed by atoms with Gasteiger partial charge in [-0.1, -0.05) is 0 Å². The van der Waals surface area contributed by atoms with Crippen LogP contribution in [0.1, 0.15) is 4.88 Å². The monoisotopic (exact) mass is 230 g/mol. The van der Waals surface area contributed by atoms with E-state index in [0.29, 0.717) is 11.5 Å². The lowest BCUT2D eigenvalue weighted by molar-refractivity contribution is 1.14. The maximum atomic E-state index is 5.64. The Kier molecular flexibility index (Phi) is 1.90. The molecule has 2 N–H and O–H groups in total. The van der Waals surface area contributed by atoms with E-state index >= 15 is 0 Å². The number of thiophene rings is 1. The molecule has 3 rings (SSSR count). The van der Waals surface area contributed by atoms with Crippen LogP contribution in [-0.2, 0) is 0 Å². The maximum absolute atomic E-state index is 5.64. The van der Waals surface area contributed by atoms with Gasteiger partial charge < -0.3 is 5.73 Å². The fraction of sp³-hybridized carbons (Fsp3) is 0.100. The molecule has 2 aromatic heterocycles. The van der Waals surface area contributed by atoms with Gasteiger partial charge in [-0.3, -0.25) is 0 Å². The molecule has 0 atom stereocenters. The summed E-state index contributed by atoms with van der Waals surface area (Å²) >= 11 is 1.65. The van der Waals surface area contributed by atoms with Crippen molar-refractivity contribution in [2.75, 3.05) is 5.73 Å². The van der Waals surface area contributed by atoms with E-state index in [1.54, 1.807) is 11.3 Å². The Balaban J connectivity index is 2.24. The van der Waals surface area contributed by atoms with Gasteiger partial charge >= 0.3 is 0 Å². The zero-order valence-electron chi connectivity index (χ0n) is 8.51. The van der Waals surface area contributed by atoms with Gasteiger partial charge in [0.1, 0.15) is 17.7 Å². The number of fused-ring (bicyclic) bond motifs is 1. The van der Waals surface area contributed by atoms with Crippen LogP contribution >= 0.6 is 11.3 Å². The number of aliphatic imine (C=N–C) groups is 1. The number of hydrogen-bond acceptors (Lipinski definition) is 5. The highest BCUT2D eigenvalue weighted by Crippen LogP contribution is 2.39. The number of rotatable bonds is 1. The maximum Gasteiger partial charge on any atom is 0.222 e. The van der Waals surface area contributed by atoms with Crippen molar-refractivity contribution in [1.29, 1.82) is 0 Å². The van der Waals surface area contributed by atoms with Gasteiger partial charge in [-0.15, -0.1) is 11.3 Å². The molecule has 3 heterocycles. The predicted octanol–water partition coefficient (Wildman–Crippen LogP) is 2.01. The third kappa shape index (κ3) is 1.35. The molecule has 1 aliphatic heterocycles. The summed E-state index contributed by atoms with van der Waals surface area (Å²) in [7, 11) is 0. The van der Waals surface area contributed by atoms with Gasteiger partial charge in [0.05, 0.1) is 4.88 Å². The van der Waals surface area contributed by atoms with Crippen LogP contribution in [-0.4, -0.2) is 16.3 Å². The molecule has 0 unspecified atom stereocenters. The van der Waals surface area contributed by atoms with Crippen molar-refractivity contribution < 1.29 is 0 Å². The van der Waals surface area contributed by atoms with Gasteiger partial charge in [-0.25, -0.2) is 15.3 Å². The topological polar surface area (TPSA) is 78.3 Å². The number of nitrogen functional groups attached to an aromatic ring is 1. The Morgan fingerprint density at radius 2 is 2.12 bits per heavy atom. The van der Waals surface area contributed by atoms with Gasteiger partial charge in [0.2, 0.25) is 5.95 Å². The fourth-order valence-electron chi connectivity index (χ4n) is 1.54. The predicted molar refractivity (Wildman–Crippen MR) is 64.4 cm³/mol. The number of aryl methyl sites for hydroxylation is 1. The minimum Gasteiger partial charge on any atom is -0.368 e. The van der Waals surface area contributed by atoms with Crippen molar-refractivity contribution in [3.8, 4) is 10.6 Å². The van der Waals surface area contributed by atoms with E-state index in [1.807, 2.05) is 19.1 Å². The van der Waals surface area contributed by atoms with Crippen LogP contribution in [0.25, 0.3) is 10.6 Å². The second-order valence-corrected chi connectivity index (χ2v) is 4.67. The standard InChI is InChI=1S/C10H8N5S/c1-5-2-3-6(16-5)7-8-9(13-4-12-8)15-10(11)14-7/h2-4H,1H3,(H2,11,14,15). The number of nitrogens with zero attached hydrogens (tertiary/aromatic N) is 4. The highest BCUT2D eigenvalue weighted by atomic mass is 32.1. The molecule has 0 amide bonds. The lowest BCUT2D eigenvalue weighted by Gasteiger charge is -2.03. The zero-order chi connectivity index (χ0) is 11.1. The van der Waals surface area contributed by atoms with Crippen LogP contribution in [0.15, 0.2) is 17.1 Å². The normalized spacial score (nSPS) is 12.6. The second-order valence-electron chi connectivity index (χ2n) is 3.39. The first-order valence-electron chi connectivity index (χ1n) is 4.72. The molecule has 5 nitrogen and oxygen atoms in total. The summed E-state index contributed by atoms with van der Waals surface area (Å²) < 4.78 is 0. The van der Waals surface area contributed by atoms with E-state index in [1.165, 1.54) is 11.2 Å². The Hall–Kier alpha value is -1.95. The van der Waals surface area contributed by atoms with Crippen molar-refractivity contribution in [2.24, 2.45) is 4.99 Å². The van der Waals surface area contributed by atoms with Gasteiger partial charge in [0.25, 0.3) is 0 Å². The summed E-state index contributed by atoms with van der Waals surface area (Å²) in [6, 6.07) is 4.05. The van der Waals surface area contributed by atoms with E-state index < -0.39 is 0 Å². The Morgan fingerprint density at radius 1 is 1.25 bits per heavy atom. The van der Waals surface area contributed by atoms with Gasteiger partial charge in [0.15, 0.2) is 5.82 Å². The summed E-state index contributed by atoms with van der Waals surface area (Å²) in [6.45, 7) is 2.05. The highest BCUT2D eigenvalue weighted by molar-refractivity contribution is 7.15. The summed E-state index contributed by atoms with van der Waals surface area (Å²) in [5, 5.41) is 4.03. The molecule has 79 valence electrons. The van der Waals surface area contributed by atoms with Crippen LogP contribution < -0.4 is 11.1 Å². The molecule has 6 heteroatoms. The molecule has 0 fully saturated rings. The summed E-state index contributed by atoms with van der Waals surface area (Å²) in [5.41, 5.74) is 7.11.